The Labute approximate surface area is 135 Å². The molecule has 24 heavy (non-hydrogen) atoms. The molecule has 1 aliphatic heterocycles. The van der Waals surface area contributed by atoms with E-state index in [1.54, 1.807) is 12.1 Å². The number of nitrogens with zero attached hydrogens (tertiary/aromatic N) is 1. The van der Waals surface area contributed by atoms with Crippen LogP contribution < -0.4 is 0 Å². The van der Waals surface area contributed by atoms with Gasteiger partial charge in [-0.05, 0) is 29.8 Å². The molecule has 0 spiro atoms. The van der Waals surface area contributed by atoms with Crippen molar-refractivity contribution in [2.75, 3.05) is 0 Å². The summed E-state index contributed by atoms with van der Waals surface area (Å²) in [6, 6.07) is 7.01. The smallest absolute Gasteiger partial charge is 0.327 e. The highest BCUT2D eigenvalue weighted by Crippen LogP contribution is 2.26. The second kappa shape index (κ2) is 5.84. The van der Waals surface area contributed by atoms with Crippen molar-refractivity contribution < 1.29 is 28.3 Å². The van der Waals surface area contributed by atoms with Gasteiger partial charge in [0.25, 0.3) is 11.8 Å². The quantitative estimate of drug-likeness (QED) is 0.872. The van der Waals surface area contributed by atoms with Crippen LogP contribution in [0.2, 0.25) is 0 Å². The normalized spacial score (nSPS) is 14.7. The molecule has 1 aliphatic rings. The van der Waals surface area contributed by atoms with Gasteiger partial charge in [0.1, 0.15) is 17.7 Å². The van der Waals surface area contributed by atoms with Crippen LogP contribution in [-0.4, -0.2) is 33.8 Å². The number of carboxylic acids is 1. The summed E-state index contributed by atoms with van der Waals surface area (Å²) in [4.78, 5) is 36.9. The van der Waals surface area contributed by atoms with Crippen molar-refractivity contribution >= 4 is 17.8 Å². The zero-order chi connectivity index (χ0) is 17.4. The number of aliphatic carboxylic acids is 1. The van der Waals surface area contributed by atoms with E-state index in [1.165, 1.54) is 12.1 Å². The Hall–Kier alpha value is -3.09. The van der Waals surface area contributed by atoms with Gasteiger partial charge in [-0.25, -0.2) is 13.6 Å². The number of carbonyl (C=O) groups excluding carboxylic acids is 2. The number of benzene rings is 2. The van der Waals surface area contributed by atoms with E-state index in [0.29, 0.717) is 11.0 Å². The van der Waals surface area contributed by atoms with Crippen molar-refractivity contribution in [2.45, 2.75) is 12.5 Å². The highest BCUT2D eigenvalue weighted by Gasteiger charge is 2.42. The number of carbonyl (C=O) groups is 3. The minimum atomic E-state index is -1.56. The molecule has 0 saturated carbocycles. The van der Waals surface area contributed by atoms with Crippen LogP contribution in [0.15, 0.2) is 42.5 Å². The fourth-order valence-corrected chi connectivity index (χ4v) is 2.73. The Kier molecular flexibility index (Phi) is 3.84. The summed E-state index contributed by atoms with van der Waals surface area (Å²) in [6.07, 6.45) is -0.393. The Balaban J connectivity index is 1.97. The Morgan fingerprint density at radius 1 is 1.00 bits per heavy atom. The van der Waals surface area contributed by atoms with Crippen LogP contribution in [0.3, 0.4) is 0 Å². The molecule has 122 valence electrons. The largest absolute Gasteiger partial charge is 0.480 e. The van der Waals surface area contributed by atoms with E-state index in [9.17, 15) is 28.3 Å². The van der Waals surface area contributed by atoms with Gasteiger partial charge in [0, 0.05) is 12.5 Å². The average Bonchev–Trinajstić information content (AvgIpc) is 2.76. The van der Waals surface area contributed by atoms with Crippen LogP contribution in [0.25, 0.3) is 0 Å². The van der Waals surface area contributed by atoms with Gasteiger partial charge >= 0.3 is 5.97 Å². The highest BCUT2D eigenvalue weighted by atomic mass is 19.1. The van der Waals surface area contributed by atoms with E-state index in [0.717, 1.165) is 12.1 Å². The first-order chi connectivity index (χ1) is 11.4. The first-order valence-electron chi connectivity index (χ1n) is 7.03. The van der Waals surface area contributed by atoms with E-state index >= 15 is 0 Å². The van der Waals surface area contributed by atoms with Gasteiger partial charge in [-0.2, -0.15) is 0 Å². The van der Waals surface area contributed by atoms with Crippen molar-refractivity contribution in [3.63, 3.8) is 0 Å². The molecule has 2 amide bonds. The zero-order valence-electron chi connectivity index (χ0n) is 12.2. The second-order valence-electron chi connectivity index (χ2n) is 5.36. The minimum Gasteiger partial charge on any atom is -0.480 e. The summed E-state index contributed by atoms with van der Waals surface area (Å²) < 4.78 is 26.6. The maximum Gasteiger partial charge on any atom is 0.327 e. The van der Waals surface area contributed by atoms with Gasteiger partial charge in [-0.15, -0.1) is 0 Å². The zero-order valence-corrected chi connectivity index (χ0v) is 12.2. The van der Waals surface area contributed by atoms with E-state index in [4.69, 9.17) is 0 Å². The molecule has 1 unspecified atom stereocenters. The third kappa shape index (κ3) is 2.64. The van der Waals surface area contributed by atoms with Gasteiger partial charge in [-0.1, -0.05) is 12.1 Å². The fourth-order valence-electron chi connectivity index (χ4n) is 2.73. The van der Waals surface area contributed by atoms with Crippen molar-refractivity contribution in [3.05, 3.63) is 70.8 Å². The maximum absolute atomic E-state index is 13.3. The first kappa shape index (κ1) is 15.8. The van der Waals surface area contributed by atoms with Crippen LogP contribution in [0, 0.1) is 11.6 Å². The summed E-state index contributed by atoms with van der Waals surface area (Å²) in [7, 11) is 0. The SMILES string of the molecule is O=C(O)C(Cc1cc(F)cc(F)c1)N1C(=O)c2ccccc2C1=O. The number of fused-ring (bicyclic) bond motifs is 1. The van der Waals surface area contributed by atoms with Crippen LogP contribution >= 0.6 is 0 Å². The van der Waals surface area contributed by atoms with E-state index in [-0.39, 0.29) is 16.7 Å². The van der Waals surface area contributed by atoms with Crippen LogP contribution in [-0.2, 0) is 11.2 Å². The molecule has 0 saturated heterocycles. The summed E-state index contributed by atoms with van der Waals surface area (Å²) in [5.41, 5.74) is 0.259. The molecular weight excluding hydrogens is 320 g/mol. The van der Waals surface area contributed by atoms with Crippen molar-refractivity contribution in [1.82, 2.24) is 4.90 Å². The molecule has 3 rings (SSSR count). The lowest BCUT2D eigenvalue weighted by Crippen LogP contribution is -2.46. The summed E-state index contributed by atoms with van der Waals surface area (Å²) in [6.45, 7) is 0. The molecule has 1 N–H and O–H groups in total. The predicted molar refractivity (Wildman–Crippen MR) is 78.4 cm³/mol. The second-order valence-corrected chi connectivity index (χ2v) is 5.36. The minimum absolute atomic E-state index is 0.0384. The monoisotopic (exact) mass is 331 g/mol. The fraction of sp³-hybridized carbons (Fsp3) is 0.118. The number of imide groups is 1. The predicted octanol–water partition coefficient (Wildman–Crippen LogP) is 2.26. The highest BCUT2D eigenvalue weighted by molar-refractivity contribution is 6.22. The van der Waals surface area contributed by atoms with Gasteiger partial charge in [-0.3, -0.25) is 14.5 Å². The molecule has 0 radical (unpaired) electrons. The first-order valence-corrected chi connectivity index (χ1v) is 7.03. The number of hydrogen-bond donors (Lipinski definition) is 1. The topological polar surface area (TPSA) is 74.7 Å². The van der Waals surface area contributed by atoms with Crippen LogP contribution in [0.4, 0.5) is 8.78 Å². The van der Waals surface area contributed by atoms with Gasteiger partial charge in [0.15, 0.2) is 0 Å². The Morgan fingerprint density at radius 3 is 1.96 bits per heavy atom. The van der Waals surface area contributed by atoms with Crippen molar-refractivity contribution in [3.8, 4) is 0 Å². The summed E-state index contributed by atoms with van der Waals surface area (Å²) in [5, 5.41) is 9.41. The number of amides is 2. The molecule has 0 aromatic heterocycles. The Morgan fingerprint density at radius 2 is 1.50 bits per heavy atom. The molecular formula is C17H11F2NO4. The number of rotatable bonds is 4. The molecule has 0 fully saturated rings. The third-order valence-electron chi connectivity index (χ3n) is 3.77. The average molecular weight is 331 g/mol. The van der Waals surface area contributed by atoms with E-state index in [1.807, 2.05) is 0 Å². The third-order valence-corrected chi connectivity index (χ3v) is 3.77. The molecule has 0 aliphatic carbocycles. The van der Waals surface area contributed by atoms with Crippen molar-refractivity contribution in [1.29, 1.82) is 0 Å². The van der Waals surface area contributed by atoms with Crippen molar-refractivity contribution in [2.24, 2.45) is 0 Å². The number of hydrogen-bond acceptors (Lipinski definition) is 3. The number of halogens is 2. The molecule has 1 heterocycles. The lowest BCUT2D eigenvalue weighted by Gasteiger charge is -2.22. The number of carboxylic acid groups (broad SMARTS) is 1. The van der Waals surface area contributed by atoms with Gasteiger partial charge in [0.2, 0.25) is 0 Å². The van der Waals surface area contributed by atoms with E-state index < -0.39 is 41.9 Å². The molecule has 1 atom stereocenters. The lowest BCUT2D eigenvalue weighted by atomic mass is 10.0. The summed E-state index contributed by atoms with van der Waals surface area (Å²) >= 11 is 0. The standard InChI is InChI=1S/C17H11F2NO4/c18-10-5-9(6-11(19)8-10)7-14(17(23)24)20-15(21)12-3-1-2-4-13(12)16(20)22/h1-6,8,14H,7H2,(H,23,24). The van der Waals surface area contributed by atoms with Gasteiger partial charge in [0.05, 0.1) is 11.1 Å². The maximum atomic E-state index is 13.3. The van der Waals surface area contributed by atoms with Gasteiger partial charge < -0.3 is 5.11 Å². The molecule has 2 aromatic rings. The lowest BCUT2D eigenvalue weighted by molar-refractivity contribution is -0.141. The molecule has 7 heteroatoms. The van der Waals surface area contributed by atoms with Crippen LogP contribution in [0.5, 0.6) is 0 Å². The molecule has 5 nitrogen and oxygen atoms in total. The molecule has 0 bridgehead atoms. The van der Waals surface area contributed by atoms with Crippen LogP contribution in [0.1, 0.15) is 26.3 Å². The Bertz CT molecular complexity index is 810. The molecule has 2 aromatic carbocycles. The van der Waals surface area contributed by atoms with E-state index in [2.05, 4.69) is 0 Å². The summed E-state index contributed by atoms with van der Waals surface area (Å²) in [5.74, 6) is -4.64.